The van der Waals surface area contributed by atoms with Crippen molar-refractivity contribution in [3.8, 4) is 67.5 Å². The van der Waals surface area contributed by atoms with Gasteiger partial charge in [-0.3, -0.25) is 0 Å². The third-order valence-corrected chi connectivity index (χ3v) is 14.4. The van der Waals surface area contributed by atoms with E-state index in [9.17, 15) is 0 Å². The van der Waals surface area contributed by atoms with Crippen LogP contribution in [0.3, 0.4) is 0 Å². The average Bonchev–Trinajstić information content (AvgIpc) is 3.68. The van der Waals surface area contributed by atoms with E-state index in [2.05, 4.69) is 202 Å². The first-order valence-corrected chi connectivity index (χ1v) is 22.9. The molecule has 11 aromatic rings. The Balaban J connectivity index is 1.16. The van der Waals surface area contributed by atoms with Gasteiger partial charge in [0.15, 0.2) is 17.5 Å². The summed E-state index contributed by atoms with van der Waals surface area (Å²) in [7, 11) is 0. The van der Waals surface area contributed by atoms with E-state index < -0.39 is 5.41 Å². The minimum absolute atomic E-state index is 0.222. The van der Waals surface area contributed by atoms with Crippen LogP contribution >= 0.6 is 0 Å². The predicted octanol–water partition coefficient (Wildman–Crippen LogP) is 15.5. The van der Waals surface area contributed by atoms with Crippen molar-refractivity contribution in [2.45, 2.75) is 24.7 Å². The lowest BCUT2D eigenvalue weighted by Gasteiger charge is -2.46. The number of aromatic nitrogens is 3. The van der Waals surface area contributed by atoms with Gasteiger partial charge in [-0.2, -0.15) is 0 Å². The van der Waals surface area contributed by atoms with Gasteiger partial charge in [0.25, 0.3) is 0 Å². The van der Waals surface area contributed by atoms with Crippen molar-refractivity contribution >= 4 is 21.5 Å². The fraction of sp³-hybridized carbons (Fsp3) is 0.0635. The Labute approximate surface area is 384 Å². The second-order valence-electron chi connectivity index (χ2n) is 18.2. The minimum atomic E-state index is -0.610. The highest BCUT2D eigenvalue weighted by atomic mass is 15.0. The molecule has 0 unspecified atom stereocenters. The zero-order chi connectivity index (χ0) is 44.0. The van der Waals surface area contributed by atoms with Crippen LogP contribution in [0.2, 0.25) is 0 Å². The molecule has 2 aliphatic rings. The van der Waals surface area contributed by atoms with Crippen molar-refractivity contribution in [1.82, 2.24) is 15.0 Å². The first-order valence-electron chi connectivity index (χ1n) is 22.9. The maximum absolute atomic E-state index is 5.37. The zero-order valence-electron chi connectivity index (χ0n) is 36.7. The Bertz CT molecular complexity index is 3560. The van der Waals surface area contributed by atoms with Gasteiger partial charge in [0.05, 0.1) is 5.41 Å². The summed E-state index contributed by atoms with van der Waals surface area (Å²) in [6.45, 7) is 4.76. The van der Waals surface area contributed by atoms with Crippen LogP contribution in [0.4, 0.5) is 0 Å². The molecule has 66 heavy (non-hydrogen) atoms. The Kier molecular flexibility index (Phi) is 8.47. The molecule has 0 saturated heterocycles. The van der Waals surface area contributed by atoms with Gasteiger partial charge in [0.2, 0.25) is 0 Å². The first-order chi connectivity index (χ1) is 32.5. The normalized spacial score (nSPS) is 13.8. The first kappa shape index (κ1) is 38.2. The number of fused-ring (bicyclic) bond motifs is 11. The molecule has 0 fully saturated rings. The topological polar surface area (TPSA) is 38.7 Å². The second-order valence-corrected chi connectivity index (χ2v) is 18.2. The maximum Gasteiger partial charge on any atom is 0.164 e. The fourth-order valence-corrected chi connectivity index (χ4v) is 11.6. The summed E-state index contributed by atoms with van der Waals surface area (Å²) in [5.74, 6) is 1.93. The molecule has 1 aromatic heterocycles. The Morgan fingerprint density at radius 1 is 0.273 bits per heavy atom. The van der Waals surface area contributed by atoms with E-state index in [1.807, 2.05) is 36.4 Å². The lowest BCUT2D eigenvalue weighted by atomic mass is 9.55. The van der Waals surface area contributed by atoms with Crippen molar-refractivity contribution in [3.05, 3.63) is 258 Å². The van der Waals surface area contributed by atoms with E-state index in [0.717, 1.165) is 22.3 Å². The van der Waals surface area contributed by atoms with Gasteiger partial charge in [-0.15, -0.1) is 0 Å². The Morgan fingerprint density at radius 2 is 0.682 bits per heavy atom. The zero-order valence-corrected chi connectivity index (χ0v) is 36.7. The van der Waals surface area contributed by atoms with Crippen LogP contribution in [0.25, 0.3) is 89.1 Å². The van der Waals surface area contributed by atoms with Crippen molar-refractivity contribution in [2.75, 3.05) is 0 Å². The van der Waals surface area contributed by atoms with Crippen LogP contribution in [-0.4, -0.2) is 15.0 Å². The van der Waals surface area contributed by atoms with Gasteiger partial charge in [0.1, 0.15) is 0 Å². The van der Waals surface area contributed by atoms with E-state index in [-0.39, 0.29) is 5.41 Å². The summed E-state index contributed by atoms with van der Waals surface area (Å²) < 4.78 is 0. The minimum Gasteiger partial charge on any atom is -0.208 e. The lowest BCUT2D eigenvalue weighted by molar-refractivity contribution is 0.563. The molecule has 0 atom stereocenters. The van der Waals surface area contributed by atoms with E-state index >= 15 is 0 Å². The van der Waals surface area contributed by atoms with Crippen LogP contribution in [-0.2, 0) is 10.8 Å². The molecule has 0 aliphatic heterocycles. The van der Waals surface area contributed by atoms with Gasteiger partial charge >= 0.3 is 0 Å². The number of nitrogens with zero attached hydrogens (tertiary/aromatic N) is 3. The highest BCUT2D eigenvalue weighted by molar-refractivity contribution is 6.21. The standard InChI is InChI=1S/C63H43N3/c1-62(2)51-32-16-18-34-53(51)63(54-35-19-17-33-52(54)62)50-38-37-43(57-46-29-14-12-27-44(46)56(40-21-6-3-7-22-40)45-28-13-15-30-47(45)57)39-49(50)58-48(31-20-36-55(58)63)61-65-59(41-23-8-4-9-24-41)64-60(66-61)42-25-10-5-11-26-42/h3-39H,1-2H3. The summed E-state index contributed by atoms with van der Waals surface area (Å²) in [6.07, 6.45) is 0. The maximum atomic E-state index is 5.37. The van der Waals surface area contributed by atoms with Crippen molar-refractivity contribution in [1.29, 1.82) is 0 Å². The van der Waals surface area contributed by atoms with Crippen LogP contribution < -0.4 is 0 Å². The van der Waals surface area contributed by atoms with Gasteiger partial charge in [0, 0.05) is 22.1 Å². The van der Waals surface area contributed by atoms with Crippen molar-refractivity contribution in [3.63, 3.8) is 0 Å². The highest BCUT2D eigenvalue weighted by Gasteiger charge is 2.54. The molecule has 3 heteroatoms. The van der Waals surface area contributed by atoms with E-state index in [4.69, 9.17) is 15.0 Å². The second kappa shape index (κ2) is 14.6. The molecule has 10 aromatic carbocycles. The van der Waals surface area contributed by atoms with Gasteiger partial charge in [-0.1, -0.05) is 232 Å². The molecule has 310 valence electrons. The monoisotopic (exact) mass is 841 g/mol. The third-order valence-electron chi connectivity index (χ3n) is 14.4. The van der Waals surface area contributed by atoms with Crippen LogP contribution in [0.5, 0.6) is 0 Å². The summed E-state index contributed by atoms with van der Waals surface area (Å²) >= 11 is 0. The summed E-state index contributed by atoms with van der Waals surface area (Å²) in [6, 6.07) is 81.6. The Morgan fingerprint density at radius 3 is 1.20 bits per heavy atom. The molecular formula is C63H43N3. The van der Waals surface area contributed by atoms with Gasteiger partial charge in [-0.25, -0.2) is 15.0 Å². The third kappa shape index (κ3) is 5.47. The summed E-state index contributed by atoms with van der Waals surface area (Å²) in [5.41, 5.74) is 17.0. The molecule has 1 heterocycles. The largest absolute Gasteiger partial charge is 0.208 e. The Hall–Kier alpha value is -8.27. The molecule has 0 radical (unpaired) electrons. The van der Waals surface area contributed by atoms with E-state index in [1.165, 1.54) is 82.7 Å². The molecule has 0 bridgehead atoms. The molecule has 3 nitrogen and oxygen atoms in total. The molecule has 13 rings (SSSR count). The number of hydrogen-bond donors (Lipinski definition) is 0. The predicted molar refractivity (Wildman–Crippen MR) is 271 cm³/mol. The molecule has 0 amide bonds. The van der Waals surface area contributed by atoms with Gasteiger partial charge in [-0.05, 0) is 94.4 Å². The highest BCUT2D eigenvalue weighted by Crippen LogP contribution is 2.64. The quantitative estimate of drug-likeness (QED) is 0.162. The van der Waals surface area contributed by atoms with Crippen molar-refractivity contribution < 1.29 is 0 Å². The van der Waals surface area contributed by atoms with Gasteiger partial charge < -0.3 is 0 Å². The molecule has 2 aliphatic carbocycles. The van der Waals surface area contributed by atoms with Crippen LogP contribution in [0.15, 0.2) is 224 Å². The lowest BCUT2D eigenvalue weighted by Crippen LogP contribution is -2.40. The molecule has 0 N–H and O–H groups in total. The smallest absolute Gasteiger partial charge is 0.164 e. The van der Waals surface area contributed by atoms with Crippen molar-refractivity contribution in [2.24, 2.45) is 0 Å². The number of hydrogen-bond acceptors (Lipinski definition) is 3. The fourth-order valence-electron chi connectivity index (χ4n) is 11.6. The van der Waals surface area contributed by atoms with Crippen LogP contribution in [0, 0.1) is 0 Å². The SMILES string of the molecule is CC1(C)c2ccccc2C2(c3ccc(-c4c5ccccc5c(-c5ccccc5)c5ccccc45)cc3-c3c(-c4nc(-c5ccccc5)nc(-c5ccccc5)n4)cccc32)c2ccccc21. The molecule has 1 spiro atoms. The van der Waals surface area contributed by atoms with Crippen LogP contribution in [0.1, 0.15) is 47.2 Å². The number of benzene rings is 10. The van der Waals surface area contributed by atoms with E-state index in [1.54, 1.807) is 0 Å². The summed E-state index contributed by atoms with van der Waals surface area (Å²) in [4.78, 5) is 15.9. The number of rotatable bonds is 5. The average molecular weight is 842 g/mol. The van der Waals surface area contributed by atoms with E-state index in [0.29, 0.717) is 17.5 Å². The molecular weight excluding hydrogens is 799 g/mol. The summed E-state index contributed by atoms with van der Waals surface area (Å²) in [5, 5.41) is 4.92. The molecule has 0 saturated carbocycles.